The van der Waals surface area contributed by atoms with E-state index >= 15 is 0 Å². The molecule has 0 atom stereocenters. The summed E-state index contributed by atoms with van der Waals surface area (Å²) in [6, 6.07) is 23.3. The zero-order valence-electron chi connectivity index (χ0n) is 18.8. The fraction of sp³-hybridized carbons (Fsp3) is 0.0385. The van der Waals surface area contributed by atoms with Gasteiger partial charge in [0.15, 0.2) is 0 Å². The lowest BCUT2D eigenvalue weighted by molar-refractivity contribution is 0.653. The van der Waals surface area contributed by atoms with Crippen molar-refractivity contribution >= 4 is 33.0 Å². The fourth-order valence-electron chi connectivity index (χ4n) is 3.89. The maximum absolute atomic E-state index is 7.63. The van der Waals surface area contributed by atoms with Gasteiger partial charge < -0.3 is 4.42 Å². The molecule has 0 bridgehead atoms. The van der Waals surface area contributed by atoms with Crippen molar-refractivity contribution in [1.82, 2.24) is 15.0 Å². The van der Waals surface area contributed by atoms with E-state index in [-0.39, 0.29) is 5.69 Å². The number of benzene rings is 2. The summed E-state index contributed by atoms with van der Waals surface area (Å²) in [5.41, 5.74) is 5.60. The Kier molecular flexibility index (Phi) is 3.03. The van der Waals surface area contributed by atoms with E-state index in [1.807, 2.05) is 48.5 Å². The van der Waals surface area contributed by atoms with Gasteiger partial charge in [0.05, 0.1) is 11.2 Å². The second kappa shape index (κ2) is 6.49. The highest BCUT2D eigenvalue weighted by Gasteiger charge is 2.14. The zero-order chi connectivity index (χ0) is 22.6. The van der Waals surface area contributed by atoms with E-state index in [0.29, 0.717) is 11.3 Å². The largest absolute Gasteiger partial charge is 0.437 e. The minimum atomic E-state index is -2.29. The van der Waals surface area contributed by atoms with Crippen molar-refractivity contribution in [2.24, 2.45) is 0 Å². The van der Waals surface area contributed by atoms with E-state index in [1.54, 1.807) is 18.5 Å². The summed E-state index contributed by atoms with van der Waals surface area (Å²) in [6.07, 6.45) is 3.57. The van der Waals surface area contributed by atoms with Gasteiger partial charge in [-0.1, -0.05) is 24.3 Å². The highest BCUT2D eigenvalue weighted by atomic mass is 16.3. The number of para-hydroxylation sites is 1. The van der Waals surface area contributed by atoms with Crippen molar-refractivity contribution in [2.75, 3.05) is 0 Å². The number of rotatable bonds is 2. The summed E-state index contributed by atoms with van der Waals surface area (Å²) >= 11 is 0. The molecular formula is C26H17N3O. The summed E-state index contributed by atoms with van der Waals surface area (Å²) in [5.74, 6) is 0. The van der Waals surface area contributed by atoms with Crippen molar-refractivity contribution in [3.05, 3.63) is 90.9 Å². The van der Waals surface area contributed by atoms with E-state index < -0.39 is 6.85 Å². The minimum absolute atomic E-state index is 0.0153. The van der Waals surface area contributed by atoms with Gasteiger partial charge in [0.25, 0.3) is 0 Å². The lowest BCUT2D eigenvalue weighted by Crippen LogP contribution is -1.87. The number of aromatic nitrogens is 3. The summed E-state index contributed by atoms with van der Waals surface area (Å²) in [5, 5.41) is 2.72. The maximum atomic E-state index is 7.63. The Hall–Kier alpha value is -4.05. The molecule has 30 heavy (non-hydrogen) atoms. The Morgan fingerprint density at radius 3 is 2.73 bits per heavy atom. The molecule has 2 aromatic carbocycles. The van der Waals surface area contributed by atoms with Crippen LogP contribution in [0.1, 0.15) is 9.81 Å². The number of hydrogen-bond acceptors (Lipinski definition) is 4. The molecule has 0 radical (unpaired) electrons. The van der Waals surface area contributed by atoms with Crippen LogP contribution in [0.25, 0.3) is 55.4 Å². The third-order valence-electron chi connectivity index (χ3n) is 5.34. The van der Waals surface area contributed by atoms with Crippen LogP contribution in [0.4, 0.5) is 0 Å². The molecule has 0 spiro atoms. The highest BCUT2D eigenvalue weighted by Crippen LogP contribution is 2.35. The first-order chi connectivity index (χ1) is 16.0. The lowest BCUT2D eigenvalue weighted by Gasteiger charge is -2.07. The molecule has 0 saturated heterocycles. The Bertz CT molecular complexity index is 1670. The van der Waals surface area contributed by atoms with Crippen molar-refractivity contribution in [3.63, 3.8) is 0 Å². The topological polar surface area (TPSA) is 51.8 Å². The summed E-state index contributed by atoms with van der Waals surface area (Å²) in [4.78, 5) is 13.2. The van der Waals surface area contributed by atoms with Gasteiger partial charge in [-0.25, -0.2) is 4.98 Å². The molecule has 6 aromatic rings. The van der Waals surface area contributed by atoms with E-state index in [0.717, 1.165) is 44.1 Å². The number of fused-ring (bicyclic) bond motifs is 4. The quantitative estimate of drug-likeness (QED) is 0.336. The van der Waals surface area contributed by atoms with Gasteiger partial charge in [-0.05, 0) is 66.5 Å². The summed E-state index contributed by atoms with van der Waals surface area (Å²) in [7, 11) is 0. The van der Waals surface area contributed by atoms with Crippen LogP contribution in [-0.4, -0.2) is 15.0 Å². The number of aryl methyl sites for hydroxylation is 1. The molecule has 0 aliphatic heterocycles. The van der Waals surface area contributed by atoms with Gasteiger partial charge in [-0.15, -0.1) is 0 Å². The van der Waals surface area contributed by atoms with E-state index in [9.17, 15) is 0 Å². The number of pyridine rings is 3. The molecule has 0 amide bonds. The first-order valence-corrected chi connectivity index (χ1v) is 9.62. The molecule has 0 fully saturated rings. The fourth-order valence-corrected chi connectivity index (χ4v) is 3.89. The molecule has 0 saturated carbocycles. The molecule has 0 N–H and O–H groups in total. The number of nitrogens with zero attached hydrogens (tertiary/aromatic N) is 3. The molecule has 0 aliphatic carbocycles. The van der Waals surface area contributed by atoms with Crippen LogP contribution in [0.3, 0.4) is 0 Å². The molecule has 4 heterocycles. The zero-order valence-corrected chi connectivity index (χ0v) is 15.8. The van der Waals surface area contributed by atoms with Crippen LogP contribution in [0.15, 0.2) is 89.6 Å². The SMILES string of the molecule is [2H]C([2H])([2H])c1ccc2c(n1)oc1c(-c3cc(-c4ccc5ncccc5c4)ccn3)cccc12. The van der Waals surface area contributed by atoms with Crippen LogP contribution < -0.4 is 0 Å². The average molecular weight is 390 g/mol. The minimum Gasteiger partial charge on any atom is -0.437 e. The van der Waals surface area contributed by atoms with Gasteiger partial charge in [0.2, 0.25) is 5.71 Å². The van der Waals surface area contributed by atoms with Crippen molar-refractivity contribution in [3.8, 4) is 22.4 Å². The van der Waals surface area contributed by atoms with Gasteiger partial charge in [-0.2, -0.15) is 0 Å². The van der Waals surface area contributed by atoms with E-state index in [2.05, 4.69) is 27.1 Å². The molecule has 4 nitrogen and oxygen atoms in total. The third kappa shape index (κ3) is 2.65. The van der Waals surface area contributed by atoms with Gasteiger partial charge >= 0.3 is 0 Å². The van der Waals surface area contributed by atoms with Crippen molar-refractivity contribution in [1.29, 1.82) is 0 Å². The van der Waals surface area contributed by atoms with Crippen molar-refractivity contribution in [2.45, 2.75) is 6.85 Å². The molecule has 4 aromatic heterocycles. The number of furan rings is 1. The monoisotopic (exact) mass is 390 g/mol. The summed E-state index contributed by atoms with van der Waals surface area (Å²) < 4.78 is 29.0. The Labute approximate surface area is 177 Å². The van der Waals surface area contributed by atoms with Crippen LogP contribution in [0, 0.1) is 6.85 Å². The first-order valence-electron chi connectivity index (χ1n) is 11.1. The van der Waals surface area contributed by atoms with Gasteiger partial charge in [0, 0.05) is 43.9 Å². The molecular weight excluding hydrogens is 370 g/mol. The van der Waals surface area contributed by atoms with Crippen LogP contribution >= 0.6 is 0 Å². The van der Waals surface area contributed by atoms with Crippen LogP contribution in [0.2, 0.25) is 0 Å². The smallest absolute Gasteiger partial charge is 0.227 e. The molecule has 0 aliphatic rings. The second-order valence-corrected chi connectivity index (χ2v) is 7.17. The predicted molar refractivity (Wildman–Crippen MR) is 120 cm³/mol. The first kappa shape index (κ1) is 14.0. The Balaban J connectivity index is 1.50. The Morgan fingerprint density at radius 1 is 0.800 bits per heavy atom. The average Bonchev–Trinajstić information content (AvgIpc) is 3.21. The normalized spacial score (nSPS) is 13.4. The highest BCUT2D eigenvalue weighted by molar-refractivity contribution is 6.08. The van der Waals surface area contributed by atoms with E-state index in [1.165, 1.54) is 6.07 Å². The van der Waals surface area contributed by atoms with Crippen LogP contribution in [-0.2, 0) is 0 Å². The maximum Gasteiger partial charge on any atom is 0.227 e. The molecule has 0 unspecified atom stereocenters. The van der Waals surface area contributed by atoms with E-state index in [4.69, 9.17) is 8.53 Å². The number of hydrogen-bond donors (Lipinski definition) is 0. The second-order valence-electron chi connectivity index (χ2n) is 7.17. The van der Waals surface area contributed by atoms with Gasteiger partial charge in [0.1, 0.15) is 5.58 Å². The molecule has 6 rings (SSSR count). The van der Waals surface area contributed by atoms with Crippen LogP contribution in [0.5, 0.6) is 0 Å². The van der Waals surface area contributed by atoms with Crippen molar-refractivity contribution < 1.29 is 8.53 Å². The van der Waals surface area contributed by atoms with Gasteiger partial charge in [-0.3, -0.25) is 9.97 Å². The predicted octanol–water partition coefficient (Wildman–Crippen LogP) is 6.57. The molecule has 142 valence electrons. The Morgan fingerprint density at radius 2 is 1.77 bits per heavy atom. The lowest BCUT2D eigenvalue weighted by atomic mass is 10.0. The third-order valence-corrected chi connectivity index (χ3v) is 5.34. The summed E-state index contributed by atoms with van der Waals surface area (Å²) in [6.45, 7) is -2.29. The molecule has 4 heteroatoms. The standard InChI is InChI=1S/C26H17N3O/c1-16-7-9-21-20-5-2-6-22(25(20)30-26(21)29-16)24-15-18(11-13-28-24)17-8-10-23-19(14-17)4-3-12-27-23/h2-15H,1H3/i1D3.